The smallest absolute Gasteiger partial charge is 0.462 e. The molecule has 0 saturated carbocycles. The van der Waals surface area contributed by atoms with Gasteiger partial charge >= 0.3 is 27.6 Å². The highest BCUT2D eigenvalue weighted by Gasteiger charge is 2.28. The Morgan fingerprint density at radius 2 is 1.10 bits per heavy atom. The summed E-state index contributed by atoms with van der Waals surface area (Å²) in [6.45, 7) is 3.85. The monoisotopic (exact) mass is 923 g/mol. The molecule has 0 heterocycles. The van der Waals surface area contributed by atoms with Crippen LogP contribution in [0.4, 0.5) is 0 Å². The number of carbonyl (C=O) groups excluding carboxylic acids is 2. The first-order valence-electron chi connectivity index (χ1n) is 23.3. The molecular formula is C46H84O14P2. The fourth-order valence-electron chi connectivity index (χ4n) is 6.17. The standard InChI is InChI=1S/C46H84O14P2/c1-4-5-6-7-8-9-10-13-17-20-23-26-29-33-42(47)34-31-36-45(49)56-39-44(40-59-62(54,55)58-38-43(48)37-57-61(51,52)53)60-46(50)35-30-27-24-21-18-15-12-11-14-16-19-22-25-28-32-41(2)3/h8-9,13,17,23,26,29,33,41-44,47-48H,4-7,10-12,14-16,18-22,24-25,27-28,30-32,34-40H2,1-3H3,(H,54,55)(H2,51,52,53)/b9-8-,17-13-,26-23-,33-29+/t42-,43+,44-/m1/s1. The summed E-state index contributed by atoms with van der Waals surface area (Å²) >= 11 is 0. The van der Waals surface area contributed by atoms with Crippen molar-refractivity contribution in [2.75, 3.05) is 26.4 Å². The topological polar surface area (TPSA) is 216 Å². The lowest BCUT2D eigenvalue weighted by Crippen LogP contribution is -2.30. The van der Waals surface area contributed by atoms with Crippen LogP contribution in [0.15, 0.2) is 48.6 Å². The third-order valence-electron chi connectivity index (χ3n) is 9.74. The molecule has 16 heteroatoms. The Morgan fingerprint density at radius 1 is 0.565 bits per heavy atom. The number of rotatable bonds is 43. The second-order valence-electron chi connectivity index (χ2n) is 16.4. The van der Waals surface area contributed by atoms with Gasteiger partial charge in [-0.2, -0.15) is 0 Å². The fraction of sp³-hybridized carbons (Fsp3) is 0.783. The first kappa shape index (κ1) is 60.0. The molecule has 14 nitrogen and oxygen atoms in total. The van der Waals surface area contributed by atoms with Crippen molar-refractivity contribution in [2.45, 2.75) is 200 Å². The summed E-state index contributed by atoms with van der Waals surface area (Å²) in [7, 11) is -9.74. The summed E-state index contributed by atoms with van der Waals surface area (Å²) in [5.74, 6) is -0.430. The largest absolute Gasteiger partial charge is 0.472 e. The van der Waals surface area contributed by atoms with E-state index in [1.54, 1.807) is 12.2 Å². The summed E-state index contributed by atoms with van der Waals surface area (Å²) in [5, 5.41) is 20.0. The minimum atomic E-state index is -4.88. The molecule has 0 spiro atoms. The lowest BCUT2D eigenvalue weighted by molar-refractivity contribution is -0.161. The van der Waals surface area contributed by atoms with Gasteiger partial charge in [0, 0.05) is 12.8 Å². The van der Waals surface area contributed by atoms with Crippen LogP contribution in [0.3, 0.4) is 0 Å². The SMILES string of the molecule is CCCCC/C=C\C/C=C\C/C=C\C=C\[C@@H](O)CCCC(=O)OC[C@H](COP(=O)(O)OC[C@@H](O)COP(=O)(O)O)OC(=O)CCCCCCCCCCCCCCCCC(C)C. The molecular weight excluding hydrogens is 838 g/mol. The predicted octanol–water partition coefficient (Wildman–Crippen LogP) is 11.1. The molecule has 0 aromatic rings. The van der Waals surface area contributed by atoms with Gasteiger partial charge in [-0.3, -0.25) is 23.2 Å². The summed E-state index contributed by atoms with van der Waals surface area (Å²) in [6.07, 6.45) is 37.1. The molecule has 0 aromatic heterocycles. The van der Waals surface area contributed by atoms with Crippen molar-refractivity contribution in [3.63, 3.8) is 0 Å². The van der Waals surface area contributed by atoms with Crippen LogP contribution in [0, 0.1) is 5.92 Å². The van der Waals surface area contributed by atoms with Crippen molar-refractivity contribution < 1.29 is 66.7 Å². The predicted molar refractivity (Wildman–Crippen MR) is 245 cm³/mol. The van der Waals surface area contributed by atoms with Gasteiger partial charge in [0.25, 0.3) is 0 Å². The van der Waals surface area contributed by atoms with Gasteiger partial charge in [-0.1, -0.05) is 172 Å². The fourth-order valence-corrected chi connectivity index (χ4v) is 7.32. The van der Waals surface area contributed by atoms with Gasteiger partial charge in [0.2, 0.25) is 0 Å². The number of phosphoric ester groups is 2. The zero-order chi connectivity index (χ0) is 46.2. The van der Waals surface area contributed by atoms with Crippen LogP contribution in [0.25, 0.3) is 0 Å². The Hall–Kier alpha value is -1.96. The van der Waals surface area contributed by atoms with Gasteiger partial charge in [0.15, 0.2) is 6.10 Å². The van der Waals surface area contributed by atoms with Crippen LogP contribution in [-0.2, 0) is 41.8 Å². The molecule has 62 heavy (non-hydrogen) atoms. The highest BCUT2D eigenvalue weighted by Crippen LogP contribution is 2.43. The third-order valence-corrected chi connectivity index (χ3v) is 11.2. The molecule has 5 N–H and O–H groups in total. The number of phosphoric acid groups is 2. The van der Waals surface area contributed by atoms with E-state index in [0.717, 1.165) is 50.9 Å². The van der Waals surface area contributed by atoms with E-state index in [9.17, 15) is 33.8 Å². The van der Waals surface area contributed by atoms with Gasteiger partial charge in [0.1, 0.15) is 12.7 Å². The van der Waals surface area contributed by atoms with Crippen LogP contribution in [0.5, 0.6) is 0 Å². The number of hydrogen-bond acceptors (Lipinski definition) is 11. The molecule has 0 aromatic carbocycles. The molecule has 0 aliphatic heterocycles. The quantitative estimate of drug-likeness (QED) is 0.0126. The Balaban J connectivity index is 4.65. The van der Waals surface area contributed by atoms with Crippen molar-refractivity contribution in [1.82, 2.24) is 0 Å². The maximum Gasteiger partial charge on any atom is 0.472 e. The lowest BCUT2D eigenvalue weighted by atomic mass is 10.0. The molecule has 4 atom stereocenters. The molecule has 0 amide bonds. The summed E-state index contributed by atoms with van der Waals surface area (Å²) in [6, 6.07) is 0. The second kappa shape index (κ2) is 40.5. The zero-order valence-corrected chi connectivity index (χ0v) is 40.0. The molecule has 0 bridgehead atoms. The van der Waals surface area contributed by atoms with E-state index < -0.39 is 72.3 Å². The molecule has 0 rings (SSSR count). The number of allylic oxidation sites excluding steroid dienone is 7. The lowest BCUT2D eigenvalue weighted by Gasteiger charge is -2.20. The van der Waals surface area contributed by atoms with Crippen molar-refractivity contribution >= 4 is 27.6 Å². The Kier molecular flexibility index (Phi) is 39.3. The van der Waals surface area contributed by atoms with E-state index in [-0.39, 0.29) is 12.8 Å². The Morgan fingerprint density at radius 3 is 1.69 bits per heavy atom. The van der Waals surface area contributed by atoms with Gasteiger partial charge in [-0.05, 0) is 50.9 Å². The normalized spacial score (nSPS) is 15.0. The van der Waals surface area contributed by atoms with Gasteiger partial charge in [-0.25, -0.2) is 9.13 Å². The molecule has 0 aliphatic rings. The van der Waals surface area contributed by atoms with Crippen LogP contribution in [0.2, 0.25) is 0 Å². The van der Waals surface area contributed by atoms with Crippen LogP contribution in [-0.4, -0.2) is 81.6 Å². The first-order chi connectivity index (χ1) is 29.6. The van der Waals surface area contributed by atoms with E-state index in [0.29, 0.717) is 19.3 Å². The van der Waals surface area contributed by atoms with E-state index in [1.807, 2.05) is 12.2 Å². The zero-order valence-electron chi connectivity index (χ0n) is 38.2. The number of hydrogen-bond donors (Lipinski definition) is 5. The molecule has 0 fully saturated rings. The molecule has 0 aliphatic carbocycles. The van der Waals surface area contributed by atoms with E-state index in [4.69, 9.17) is 23.8 Å². The third kappa shape index (κ3) is 44.6. The Labute approximate surface area is 373 Å². The van der Waals surface area contributed by atoms with Crippen molar-refractivity contribution in [3.8, 4) is 0 Å². The number of unbranched alkanes of at least 4 members (excludes halogenated alkanes) is 16. The molecule has 0 radical (unpaired) electrons. The Bertz CT molecular complexity index is 1310. The van der Waals surface area contributed by atoms with Gasteiger partial charge in [-0.15, -0.1) is 0 Å². The first-order valence-corrected chi connectivity index (χ1v) is 26.3. The van der Waals surface area contributed by atoms with Crippen LogP contribution < -0.4 is 0 Å². The van der Waals surface area contributed by atoms with Crippen LogP contribution >= 0.6 is 15.6 Å². The average molecular weight is 923 g/mol. The van der Waals surface area contributed by atoms with Gasteiger partial charge in [0.05, 0.1) is 25.9 Å². The number of esters is 2. The molecule has 362 valence electrons. The van der Waals surface area contributed by atoms with Crippen LogP contribution in [0.1, 0.15) is 181 Å². The number of ether oxygens (including phenoxy) is 2. The van der Waals surface area contributed by atoms with Crippen molar-refractivity contribution in [3.05, 3.63) is 48.6 Å². The number of aliphatic hydroxyl groups excluding tert-OH is 2. The van der Waals surface area contributed by atoms with Crippen molar-refractivity contribution in [2.24, 2.45) is 5.92 Å². The second-order valence-corrected chi connectivity index (χ2v) is 19.1. The average Bonchev–Trinajstić information content (AvgIpc) is 3.21. The van der Waals surface area contributed by atoms with E-state index in [1.165, 1.54) is 83.5 Å². The highest BCUT2D eigenvalue weighted by atomic mass is 31.2. The minimum Gasteiger partial charge on any atom is -0.462 e. The van der Waals surface area contributed by atoms with Gasteiger partial charge < -0.3 is 34.4 Å². The van der Waals surface area contributed by atoms with Crippen molar-refractivity contribution in [1.29, 1.82) is 0 Å². The summed E-state index contributed by atoms with van der Waals surface area (Å²) in [4.78, 5) is 52.8. The number of carbonyl (C=O) groups is 2. The minimum absolute atomic E-state index is 0.0328. The van der Waals surface area contributed by atoms with E-state index in [2.05, 4.69) is 54.1 Å². The molecule has 1 unspecified atom stereocenters. The maximum atomic E-state index is 12.7. The summed E-state index contributed by atoms with van der Waals surface area (Å²) in [5.41, 5.74) is 0. The maximum absolute atomic E-state index is 12.7. The highest BCUT2D eigenvalue weighted by molar-refractivity contribution is 7.47. The molecule has 0 saturated heterocycles. The number of aliphatic hydroxyl groups is 2. The summed E-state index contributed by atoms with van der Waals surface area (Å²) < 4.78 is 47.7. The van der Waals surface area contributed by atoms with E-state index >= 15 is 0 Å².